The van der Waals surface area contributed by atoms with E-state index in [-0.39, 0.29) is 5.56 Å². The lowest BCUT2D eigenvalue weighted by Gasteiger charge is -2.04. The van der Waals surface area contributed by atoms with Gasteiger partial charge in [-0.25, -0.2) is 4.39 Å². The van der Waals surface area contributed by atoms with Crippen molar-refractivity contribution in [2.24, 2.45) is 0 Å². The number of aromatic amines is 1. The molecule has 1 aromatic carbocycles. The summed E-state index contributed by atoms with van der Waals surface area (Å²) in [6.45, 7) is 0. The van der Waals surface area contributed by atoms with Gasteiger partial charge in [0.2, 0.25) is 0 Å². The highest BCUT2D eigenvalue weighted by Gasteiger charge is 2.11. The van der Waals surface area contributed by atoms with Crippen molar-refractivity contribution < 1.29 is 9.18 Å². The lowest BCUT2D eigenvalue weighted by Crippen LogP contribution is -2.12. The molecule has 82 valence electrons. The molecule has 0 spiro atoms. The van der Waals surface area contributed by atoms with Crippen molar-refractivity contribution in [2.75, 3.05) is 5.32 Å². The third kappa shape index (κ3) is 2.27. The molecule has 0 bridgehead atoms. The van der Waals surface area contributed by atoms with E-state index in [1.807, 2.05) is 0 Å². The van der Waals surface area contributed by atoms with Crippen LogP contribution >= 0.6 is 15.9 Å². The molecule has 0 unspecified atom stereocenters. The normalized spacial score (nSPS) is 10.1. The average molecular weight is 284 g/mol. The number of nitrogens with zero attached hydrogens (tertiary/aromatic N) is 1. The summed E-state index contributed by atoms with van der Waals surface area (Å²) in [7, 11) is 0. The van der Waals surface area contributed by atoms with Crippen LogP contribution in [0, 0.1) is 5.82 Å². The van der Waals surface area contributed by atoms with E-state index in [9.17, 15) is 9.18 Å². The summed E-state index contributed by atoms with van der Waals surface area (Å²) in [5.41, 5.74) is 0.766. The highest BCUT2D eigenvalue weighted by atomic mass is 79.9. The molecule has 6 heteroatoms. The lowest BCUT2D eigenvalue weighted by atomic mass is 10.2. The number of nitrogens with one attached hydrogen (secondary N) is 2. The van der Waals surface area contributed by atoms with Crippen LogP contribution in [0.5, 0.6) is 0 Å². The van der Waals surface area contributed by atoms with E-state index in [0.717, 1.165) is 0 Å². The molecule has 1 amide bonds. The van der Waals surface area contributed by atoms with Gasteiger partial charge in [0.1, 0.15) is 5.82 Å². The van der Waals surface area contributed by atoms with Gasteiger partial charge in [-0.1, -0.05) is 0 Å². The van der Waals surface area contributed by atoms with Crippen LogP contribution in [0.25, 0.3) is 0 Å². The number of aromatic nitrogens is 2. The zero-order valence-corrected chi connectivity index (χ0v) is 9.58. The van der Waals surface area contributed by atoms with E-state index >= 15 is 0 Å². The van der Waals surface area contributed by atoms with E-state index in [1.165, 1.54) is 30.6 Å². The van der Waals surface area contributed by atoms with Crippen LogP contribution in [0.3, 0.4) is 0 Å². The molecule has 0 saturated heterocycles. The number of benzene rings is 1. The Hall–Kier alpha value is -1.69. The predicted molar refractivity (Wildman–Crippen MR) is 60.6 cm³/mol. The van der Waals surface area contributed by atoms with E-state index in [2.05, 4.69) is 31.4 Å². The summed E-state index contributed by atoms with van der Waals surface area (Å²) in [5, 5.41) is 8.82. The SMILES string of the molecule is O=C(Nc1cn[nH]c1)c1cc(F)ccc1Br. The van der Waals surface area contributed by atoms with Gasteiger partial charge in [0, 0.05) is 10.7 Å². The Kier molecular flexibility index (Phi) is 3.00. The van der Waals surface area contributed by atoms with Gasteiger partial charge in [-0.15, -0.1) is 0 Å². The molecule has 0 atom stereocenters. The summed E-state index contributed by atoms with van der Waals surface area (Å²) < 4.78 is 13.5. The molecule has 2 N–H and O–H groups in total. The highest BCUT2D eigenvalue weighted by molar-refractivity contribution is 9.10. The Bertz CT molecular complexity index is 513. The quantitative estimate of drug-likeness (QED) is 0.890. The zero-order valence-electron chi connectivity index (χ0n) is 8.00. The summed E-state index contributed by atoms with van der Waals surface area (Å²) in [5.74, 6) is -0.853. The third-order valence-corrected chi connectivity index (χ3v) is 2.62. The molecule has 16 heavy (non-hydrogen) atoms. The second-order valence-corrected chi connectivity index (χ2v) is 3.92. The van der Waals surface area contributed by atoms with Crippen LogP contribution in [0.15, 0.2) is 35.1 Å². The van der Waals surface area contributed by atoms with Gasteiger partial charge in [0.05, 0.1) is 17.4 Å². The number of halogens is 2. The molecular formula is C10H7BrFN3O. The largest absolute Gasteiger partial charge is 0.319 e. The molecule has 2 rings (SSSR count). The van der Waals surface area contributed by atoms with Crippen LogP contribution in [0.4, 0.5) is 10.1 Å². The third-order valence-electron chi connectivity index (χ3n) is 1.93. The monoisotopic (exact) mass is 283 g/mol. The number of carbonyl (C=O) groups is 1. The van der Waals surface area contributed by atoms with Crippen molar-refractivity contribution in [3.05, 3.63) is 46.4 Å². The van der Waals surface area contributed by atoms with Crippen LogP contribution in [0.1, 0.15) is 10.4 Å². The molecule has 4 nitrogen and oxygen atoms in total. The predicted octanol–water partition coefficient (Wildman–Crippen LogP) is 2.56. The minimum atomic E-state index is -0.458. The molecule has 1 heterocycles. The van der Waals surface area contributed by atoms with E-state index in [4.69, 9.17) is 0 Å². The first-order chi connectivity index (χ1) is 7.66. The Morgan fingerprint density at radius 1 is 1.50 bits per heavy atom. The lowest BCUT2D eigenvalue weighted by molar-refractivity contribution is 0.102. The first-order valence-corrected chi connectivity index (χ1v) is 5.21. The number of carbonyl (C=O) groups excluding carboxylic acids is 1. The molecule has 0 fully saturated rings. The molecule has 1 aromatic heterocycles. The summed E-state index contributed by atoms with van der Waals surface area (Å²) in [6, 6.07) is 3.93. The van der Waals surface area contributed by atoms with Gasteiger partial charge in [-0.3, -0.25) is 9.89 Å². The number of hydrogen-bond donors (Lipinski definition) is 2. The summed E-state index contributed by atoms with van der Waals surface area (Å²) in [4.78, 5) is 11.7. The Balaban J connectivity index is 2.24. The van der Waals surface area contributed by atoms with Gasteiger partial charge in [0.25, 0.3) is 5.91 Å². The molecular weight excluding hydrogens is 277 g/mol. The fraction of sp³-hybridized carbons (Fsp3) is 0. The molecule has 0 aliphatic heterocycles. The number of amides is 1. The van der Waals surface area contributed by atoms with Crippen LogP contribution in [-0.4, -0.2) is 16.1 Å². The van der Waals surface area contributed by atoms with Gasteiger partial charge >= 0.3 is 0 Å². The minimum Gasteiger partial charge on any atom is -0.319 e. The van der Waals surface area contributed by atoms with Crippen LogP contribution < -0.4 is 5.32 Å². The standard InChI is InChI=1S/C10H7BrFN3O/c11-9-2-1-6(12)3-8(9)10(16)15-7-4-13-14-5-7/h1-5H,(H,13,14)(H,15,16). The van der Waals surface area contributed by atoms with Crippen molar-refractivity contribution in [3.63, 3.8) is 0 Å². The van der Waals surface area contributed by atoms with E-state index < -0.39 is 11.7 Å². The van der Waals surface area contributed by atoms with Gasteiger partial charge in [-0.05, 0) is 34.1 Å². The fourth-order valence-corrected chi connectivity index (χ4v) is 1.62. The molecule has 0 aliphatic carbocycles. The first kappa shape index (κ1) is 10.8. The van der Waals surface area contributed by atoms with Gasteiger partial charge < -0.3 is 5.32 Å². The van der Waals surface area contributed by atoms with E-state index in [0.29, 0.717) is 10.2 Å². The Morgan fingerprint density at radius 3 is 3.00 bits per heavy atom. The maximum absolute atomic E-state index is 13.0. The smallest absolute Gasteiger partial charge is 0.256 e. The van der Waals surface area contributed by atoms with Crippen molar-refractivity contribution in [3.8, 4) is 0 Å². The van der Waals surface area contributed by atoms with E-state index in [1.54, 1.807) is 0 Å². The molecule has 0 radical (unpaired) electrons. The van der Waals surface area contributed by atoms with Gasteiger partial charge in [-0.2, -0.15) is 5.10 Å². The van der Waals surface area contributed by atoms with Crippen molar-refractivity contribution >= 4 is 27.5 Å². The average Bonchev–Trinajstić information content (AvgIpc) is 2.74. The van der Waals surface area contributed by atoms with Crippen molar-refractivity contribution in [1.29, 1.82) is 0 Å². The summed E-state index contributed by atoms with van der Waals surface area (Å²) in [6.07, 6.45) is 3.00. The van der Waals surface area contributed by atoms with Crippen molar-refractivity contribution in [2.45, 2.75) is 0 Å². The topological polar surface area (TPSA) is 57.8 Å². The fourth-order valence-electron chi connectivity index (χ4n) is 1.19. The minimum absolute atomic E-state index is 0.237. The highest BCUT2D eigenvalue weighted by Crippen LogP contribution is 2.19. The number of rotatable bonds is 2. The zero-order chi connectivity index (χ0) is 11.5. The van der Waals surface area contributed by atoms with Crippen molar-refractivity contribution in [1.82, 2.24) is 10.2 Å². The summed E-state index contributed by atoms with van der Waals surface area (Å²) >= 11 is 3.18. The number of hydrogen-bond acceptors (Lipinski definition) is 2. The first-order valence-electron chi connectivity index (χ1n) is 4.42. The van der Waals surface area contributed by atoms with Gasteiger partial charge in [0.15, 0.2) is 0 Å². The maximum Gasteiger partial charge on any atom is 0.256 e. The molecule has 0 aliphatic rings. The second kappa shape index (κ2) is 4.44. The molecule has 2 aromatic rings. The molecule has 0 saturated carbocycles. The number of anilines is 1. The Labute approximate surface area is 99.0 Å². The Morgan fingerprint density at radius 2 is 2.31 bits per heavy atom. The van der Waals surface area contributed by atoms with Crippen LogP contribution in [0.2, 0.25) is 0 Å². The number of H-pyrrole nitrogens is 1. The maximum atomic E-state index is 13.0. The van der Waals surface area contributed by atoms with Crippen LogP contribution in [-0.2, 0) is 0 Å². The second-order valence-electron chi connectivity index (χ2n) is 3.07.